The maximum atomic E-state index is 11.9. The summed E-state index contributed by atoms with van der Waals surface area (Å²) in [7, 11) is 0. The Kier molecular flexibility index (Phi) is 6.32. The van der Waals surface area contributed by atoms with Crippen LogP contribution in [0.3, 0.4) is 0 Å². The average Bonchev–Trinajstić information content (AvgIpc) is 2.61. The van der Waals surface area contributed by atoms with Crippen molar-refractivity contribution in [3.05, 3.63) is 65.5 Å². The van der Waals surface area contributed by atoms with Gasteiger partial charge in [-0.3, -0.25) is 4.98 Å². The standard InChI is InChI=1S/C19H25N3O2/c1-19(2,17-8-10-20-11-9-17)14-22-18(24)21-12-7-15-3-5-16(13-23)6-4-15/h3-6,8-11,23H,7,12-14H2,1-2H3,(H2,21,22,24). The van der Waals surface area contributed by atoms with Crippen LogP contribution in [-0.2, 0) is 18.4 Å². The molecular weight excluding hydrogens is 302 g/mol. The molecule has 0 atom stereocenters. The number of urea groups is 1. The molecule has 0 aliphatic carbocycles. The minimum absolute atomic E-state index is 0.0498. The summed E-state index contributed by atoms with van der Waals surface area (Å²) in [5, 5.41) is 14.8. The lowest BCUT2D eigenvalue weighted by atomic mass is 9.85. The van der Waals surface area contributed by atoms with Gasteiger partial charge in [0, 0.05) is 30.9 Å². The molecule has 0 spiro atoms. The molecule has 1 aromatic carbocycles. The van der Waals surface area contributed by atoms with Crippen LogP contribution in [0.5, 0.6) is 0 Å². The van der Waals surface area contributed by atoms with Gasteiger partial charge in [0.2, 0.25) is 0 Å². The molecule has 0 saturated carbocycles. The number of nitrogens with zero attached hydrogens (tertiary/aromatic N) is 1. The molecule has 0 unspecified atom stereocenters. The van der Waals surface area contributed by atoms with Crippen LogP contribution in [0.25, 0.3) is 0 Å². The third-order valence-electron chi connectivity index (χ3n) is 4.06. The van der Waals surface area contributed by atoms with E-state index >= 15 is 0 Å². The number of amides is 2. The van der Waals surface area contributed by atoms with Crippen LogP contribution in [0, 0.1) is 0 Å². The summed E-state index contributed by atoms with van der Waals surface area (Å²) in [5.41, 5.74) is 3.01. The van der Waals surface area contributed by atoms with Gasteiger partial charge < -0.3 is 15.7 Å². The van der Waals surface area contributed by atoms with E-state index in [9.17, 15) is 4.79 Å². The number of nitrogens with one attached hydrogen (secondary N) is 2. The first-order valence-electron chi connectivity index (χ1n) is 8.12. The van der Waals surface area contributed by atoms with Crippen molar-refractivity contribution in [3.8, 4) is 0 Å². The normalized spacial score (nSPS) is 11.1. The number of rotatable bonds is 7. The lowest BCUT2D eigenvalue weighted by molar-refractivity contribution is 0.238. The Balaban J connectivity index is 1.73. The summed E-state index contributed by atoms with van der Waals surface area (Å²) in [6.45, 7) is 5.35. The average molecular weight is 327 g/mol. The molecule has 3 N–H and O–H groups in total. The molecule has 0 aliphatic heterocycles. The minimum Gasteiger partial charge on any atom is -0.392 e. The zero-order valence-electron chi connectivity index (χ0n) is 14.2. The van der Waals surface area contributed by atoms with Crippen LogP contribution >= 0.6 is 0 Å². The predicted octanol–water partition coefficient (Wildman–Crippen LogP) is 2.39. The monoisotopic (exact) mass is 327 g/mol. The lowest BCUT2D eigenvalue weighted by Gasteiger charge is -2.25. The molecule has 1 aromatic heterocycles. The number of aromatic nitrogens is 1. The van der Waals surface area contributed by atoms with E-state index in [1.54, 1.807) is 12.4 Å². The number of carbonyl (C=O) groups excluding carboxylic acids is 1. The summed E-state index contributed by atoms with van der Waals surface area (Å²) in [5.74, 6) is 0. The van der Waals surface area contributed by atoms with Crippen molar-refractivity contribution in [1.82, 2.24) is 15.6 Å². The Bertz CT molecular complexity index is 639. The lowest BCUT2D eigenvalue weighted by Crippen LogP contribution is -2.42. The second kappa shape index (κ2) is 8.45. The summed E-state index contributed by atoms with van der Waals surface area (Å²) >= 11 is 0. The van der Waals surface area contributed by atoms with E-state index in [2.05, 4.69) is 29.5 Å². The number of hydrogen-bond acceptors (Lipinski definition) is 3. The molecule has 0 radical (unpaired) electrons. The molecule has 0 bridgehead atoms. The van der Waals surface area contributed by atoms with E-state index in [0.29, 0.717) is 13.1 Å². The Morgan fingerprint density at radius 2 is 1.67 bits per heavy atom. The van der Waals surface area contributed by atoms with Gasteiger partial charge in [-0.1, -0.05) is 38.1 Å². The van der Waals surface area contributed by atoms with Gasteiger partial charge in [-0.25, -0.2) is 4.79 Å². The van der Waals surface area contributed by atoms with Crippen molar-refractivity contribution in [2.24, 2.45) is 0 Å². The maximum absolute atomic E-state index is 11.9. The number of hydrogen-bond donors (Lipinski definition) is 3. The quantitative estimate of drug-likeness (QED) is 0.731. The highest BCUT2D eigenvalue weighted by molar-refractivity contribution is 5.73. The molecular formula is C19H25N3O2. The van der Waals surface area contributed by atoms with Crippen LogP contribution in [0.1, 0.15) is 30.5 Å². The second-order valence-corrected chi connectivity index (χ2v) is 6.45. The van der Waals surface area contributed by atoms with Crippen molar-refractivity contribution >= 4 is 6.03 Å². The fourth-order valence-electron chi connectivity index (χ4n) is 2.40. The topological polar surface area (TPSA) is 74.2 Å². The van der Waals surface area contributed by atoms with E-state index < -0.39 is 0 Å². The van der Waals surface area contributed by atoms with Crippen molar-refractivity contribution in [2.45, 2.75) is 32.3 Å². The zero-order chi connectivity index (χ0) is 17.4. The molecule has 0 aliphatic rings. The molecule has 5 nitrogen and oxygen atoms in total. The van der Waals surface area contributed by atoms with Crippen LogP contribution in [0.15, 0.2) is 48.8 Å². The fourth-order valence-corrected chi connectivity index (χ4v) is 2.40. The molecule has 0 saturated heterocycles. The Morgan fingerprint density at radius 3 is 2.29 bits per heavy atom. The van der Waals surface area contributed by atoms with E-state index in [1.165, 1.54) is 0 Å². The Labute approximate surface area is 143 Å². The highest BCUT2D eigenvalue weighted by Gasteiger charge is 2.21. The third-order valence-corrected chi connectivity index (χ3v) is 4.06. The molecule has 128 valence electrons. The van der Waals surface area contributed by atoms with Crippen LogP contribution in [-0.4, -0.2) is 29.2 Å². The first kappa shape index (κ1) is 17.9. The molecule has 24 heavy (non-hydrogen) atoms. The van der Waals surface area contributed by atoms with Gasteiger partial charge >= 0.3 is 6.03 Å². The van der Waals surface area contributed by atoms with Gasteiger partial charge in [0.25, 0.3) is 0 Å². The fraction of sp³-hybridized carbons (Fsp3) is 0.368. The first-order valence-corrected chi connectivity index (χ1v) is 8.12. The molecule has 5 heteroatoms. The first-order chi connectivity index (χ1) is 11.5. The van der Waals surface area contributed by atoms with Gasteiger partial charge in [0.1, 0.15) is 0 Å². The summed E-state index contributed by atoms with van der Waals surface area (Å²) < 4.78 is 0. The summed E-state index contributed by atoms with van der Waals surface area (Å²) in [6, 6.07) is 11.5. The smallest absolute Gasteiger partial charge is 0.314 e. The number of benzene rings is 1. The number of pyridine rings is 1. The van der Waals surface area contributed by atoms with Crippen molar-refractivity contribution in [2.75, 3.05) is 13.1 Å². The van der Waals surface area contributed by atoms with Gasteiger partial charge in [-0.05, 0) is 35.2 Å². The summed E-state index contributed by atoms with van der Waals surface area (Å²) in [6.07, 6.45) is 4.28. The van der Waals surface area contributed by atoms with Crippen LogP contribution in [0.2, 0.25) is 0 Å². The second-order valence-electron chi connectivity index (χ2n) is 6.45. The van der Waals surface area contributed by atoms with E-state index in [1.807, 2.05) is 36.4 Å². The number of aliphatic hydroxyl groups is 1. The predicted molar refractivity (Wildman–Crippen MR) is 94.7 cm³/mol. The van der Waals surface area contributed by atoms with Gasteiger partial charge in [-0.15, -0.1) is 0 Å². The zero-order valence-corrected chi connectivity index (χ0v) is 14.2. The van der Waals surface area contributed by atoms with Crippen molar-refractivity contribution in [3.63, 3.8) is 0 Å². The van der Waals surface area contributed by atoms with Gasteiger partial charge in [0.15, 0.2) is 0 Å². The third kappa shape index (κ3) is 5.35. The number of aliphatic hydroxyl groups excluding tert-OH is 1. The van der Waals surface area contributed by atoms with Gasteiger partial charge in [0.05, 0.1) is 6.61 Å². The van der Waals surface area contributed by atoms with Crippen molar-refractivity contribution < 1.29 is 9.90 Å². The molecule has 2 amide bonds. The molecule has 1 heterocycles. The van der Waals surface area contributed by atoms with E-state index in [0.717, 1.165) is 23.1 Å². The largest absolute Gasteiger partial charge is 0.392 e. The molecule has 0 fully saturated rings. The van der Waals surface area contributed by atoms with E-state index in [4.69, 9.17) is 5.11 Å². The minimum atomic E-state index is -0.163. The van der Waals surface area contributed by atoms with Crippen molar-refractivity contribution in [1.29, 1.82) is 0 Å². The molecule has 2 aromatic rings. The Morgan fingerprint density at radius 1 is 1.04 bits per heavy atom. The van der Waals surface area contributed by atoms with Crippen LogP contribution < -0.4 is 10.6 Å². The molecule has 2 rings (SSSR count). The SMILES string of the molecule is CC(C)(CNC(=O)NCCc1ccc(CO)cc1)c1ccncc1. The van der Waals surface area contributed by atoms with Crippen LogP contribution in [0.4, 0.5) is 4.79 Å². The number of carbonyl (C=O) groups is 1. The highest BCUT2D eigenvalue weighted by atomic mass is 16.3. The van der Waals surface area contributed by atoms with E-state index in [-0.39, 0.29) is 18.1 Å². The Hall–Kier alpha value is -2.40. The van der Waals surface area contributed by atoms with Gasteiger partial charge in [-0.2, -0.15) is 0 Å². The highest BCUT2D eigenvalue weighted by Crippen LogP contribution is 2.20. The maximum Gasteiger partial charge on any atom is 0.314 e. The summed E-state index contributed by atoms with van der Waals surface area (Å²) in [4.78, 5) is 16.0.